The van der Waals surface area contributed by atoms with Crippen LogP contribution in [0.2, 0.25) is 0 Å². The Morgan fingerprint density at radius 1 is 1.30 bits per heavy atom. The Morgan fingerprint density at radius 3 is 2.52 bits per heavy atom. The van der Waals surface area contributed by atoms with E-state index in [1.54, 1.807) is 18.2 Å². The fraction of sp³-hybridized carbons (Fsp3) is 0.526. The molecule has 3 atom stereocenters. The van der Waals surface area contributed by atoms with E-state index in [1.807, 2.05) is 0 Å². The summed E-state index contributed by atoms with van der Waals surface area (Å²) in [7, 11) is 0. The Bertz CT molecular complexity index is 531. The Labute approximate surface area is 138 Å². The summed E-state index contributed by atoms with van der Waals surface area (Å²) in [6, 6.07) is 6.41. The highest BCUT2D eigenvalue weighted by Crippen LogP contribution is 2.22. The highest BCUT2D eigenvalue weighted by Gasteiger charge is 2.25. The van der Waals surface area contributed by atoms with E-state index >= 15 is 0 Å². The van der Waals surface area contributed by atoms with Crippen molar-refractivity contribution in [1.29, 1.82) is 0 Å². The van der Waals surface area contributed by atoms with Crippen LogP contribution in [0.1, 0.15) is 32.8 Å². The van der Waals surface area contributed by atoms with Gasteiger partial charge in [0, 0.05) is 31.8 Å². The Kier molecular flexibility index (Phi) is 6.34. The van der Waals surface area contributed by atoms with Gasteiger partial charge >= 0.3 is 0 Å². The zero-order chi connectivity index (χ0) is 16.8. The number of nitrogens with one attached hydrogen (secondary N) is 1. The molecule has 3 nitrogen and oxygen atoms in total. The van der Waals surface area contributed by atoms with Crippen LogP contribution in [0.5, 0.6) is 0 Å². The molecule has 0 aromatic heterocycles. The first kappa shape index (κ1) is 17.7. The van der Waals surface area contributed by atoms with Gasteiger partial charge in [0.2, 0.25) is 5.91 Å². The Balaban J connectivity index is 1.78. The predicted octanol–water partition coefficient (Wildman–Crippen LogP) is 3.32. The average Bonchev–Trinajstić information content (AvgIpc) is 2.51. The van der Waals surface area contributed by atoms with Gasteiger partial charge in [-0.25, -0.2) is 4.39 Å². The SMILES string of the molecule is C[C@@H]1C[C@H](C)CN([C@@H](C)CNC(=O)/C=C/c2ccc(F)cc2)C1. The summed E-state index contributed by atoms with van der Waals surface area (Å²) in [5, 5.41) is 2.95. The molecule has 4 heteroatoms. The topological polar surface area (TPSA) is 32.3 Å². The van der Waals surface area contributed by atoms with Crippen molar-refractivity contribution in [3.63, 3.8) is 0 Å². The summed E-state index contributed by atoms with van der Waals surface area (Å²) in [6.45, 7) is 9.60. The van der Waals surface area contributed by atoms with Crippen molar-refractivity contribution in [2.75, 3.05) is 19.6 Å². The molecule has 1 aliphatic rings. The molecule has 23 heavy (non-hydrogen) atoms. The van der Waals surface area contributed by atoms with Crippen LogP contribution in [-0.2, 0) is 4.79 Å². The minimum atomic E-state index is -0.273. The molecule has 1 N–H and O–H groups in total. The summed E-state index contributed by atoms with van der Waals surface area (Å²) >= 11 is 0. The first-order valence-electron chi connectivity index (χ1n) is 8.39. The van der Waals surface area contributed by atoms with Crippen LogP contribution in [0.15, 0.2) is 30.3 Å². The number of hydrogen-bond donors (Lipinski definition) is 1. The summed E-state index contributed by atoms with van der Waals surface area (Å²) in [4.78, 5) is 14.4. The molecule has 1 aliphatic heterocycles. The number of benzene rings is 1. The molecular weight excluding hydrogens is 291 g/mol. The summed E-state index contributed by atoms with van der Waals surface area (Å²) in [5.41, 5.74) is 0.813. The first-order valence-corrected chi connectivity index (χ1v) is 8.39. The molecule has 1 amide bonds. The van der Waals surface area contributed by atoms with Crippen molar-refractivity contribution in [3.05, 3.63) is 41.7 Å². The van der Waals surface area contributed by atoms with Crippen molar-refractivity contribution < 1.29 is 9.18 Å². The number of carbonyl (C=O) groups excluding carboxylic acids is 1. The minimum Gasteiger partial charge on any atom is -0.351 e. The molecule has 0 spiro atoms. The van der Waals surface area contributed by atoms with E-state index in [0.29, 0.717) is 12.6 Å². The number of rotatable bonds is 5. The average molecular weight is 318 g/mol. The van der Waals surface area contributed by atoms with Crippen LogP contribution >= 0.6 is 0 Å². The van der Waals surface area contributed by atoms with Crippen LogP contribution < -0.4 is 5.32 Å². The quantitative estimate of drug-likeness (QED) is 0.845. The highest BCUT2D eigenvalue weighted by molar-refractivity contribution is 5.91. The molecule has 1 aromatic rings. The largest absolute Gasteiger partial charge is 0.351 e. The monoisotopic (exact) mass is 318 g/mol. The Morgan fingerprint density at radius 2 is 1.91 bits per heavy atom. The minimum absolute atomic E-state index is 0.112. The van der Waals surface area contributed by atoms with Crippen LogP contribution in [0.4, 0.5) is 4.39 Å². The van der Waals surface area contributed by atoms with Crippen molar-refractivity contribution in [3.8, 4) is 0 Å². The summed E-state index contributed by atoms with van der Waals surface area (Å²) < 4.78 is 12.8. The number of halogens is 1. The molecule has 1 heterocycles. The standard InChI is InChI=1S/C19H27FN2O/c1-14-10-15(2)13-22(12-14)16(3)11-21-19(23)9-6-17-4-7-18(20)8-5-17/h4-9,14-16H,10-13H2,1-3H3,(H,21,23)/b9-6+/t14-,15+,16-/m0/s1. The van der Waals surface area contributed by atoms with Crippen molar-refractivity contribution in [1.82, 2.24) is 10.2 Å². The lowest BCUT2D eigenvalue weighted by Crippen LogP contribution is -2.48. The number of amides is 1. The van der Waals surface area contributed by atoms with Gasteiger partial charge in [0.1, 0.15) is 5.82 Å². The third kappa shape index (κ3) is 5.79. The van der Waals surface area contributed by atoms with E-state index in [1.165, 1.54) is 24.6 Å². The number of nitrogens with zero attached hydrogens (tertiary/aromatic N) is 1. The van der Waals surface area contributed by atoms with Crippen LogP contribution in [0.25, 0.3) is 6.08 Å². The fourth-order valence-corrected chi connectivity index (χ4v) is 3.25. The van der Waals surface area contributed by atoms with Gasteiger partial charge in [-0.1, -0.05) is 26.0 Å². The summed E-state index contributed by atoms with van der Waals surface area (Å²) in [5.74, 6) is 1.05. The van der Waals surface area contributed by atoms with Crippen LogP contribution in [0.3, 0.4) is 0 Å². The second kappa shape index (κ2) is 8.25. The van der Waals surface area contributed by atoms with Crippen molar-refractivity contribution in [2.45, 2.75) is 33.2 Å². The van der Waals surface area contributed by atoms with E-state index < -0.39 is 0 Å². The van der Waals surface area contributed by atoms with E-state index in [0.717, 1.165) is 30.5 Å². The molecule has 0 saturated carbocycles. The third-order valence-electron chi connectivity index (χ3n) is 4.39. The van der Waals surface area contributed by atoms with Gasteiger partial charge in [0.05, 0.1) is 0 Å². The number of piperidine rings is 1. The van der Waals surface area contributed by atoms with Crippen molar-refractivity contribution in [2.24, 2.45) is 11.8 Å². The highest BCUT2D eigenvalue weighted by atomic mass is 19.1. The number of hydrogen-bond acceptors (Lipinski definition) is 2. The lowest BCUT2D eigenvalue weighted by Gasteiger charge is -2.38. The molecule has 0 bridgehead atoms. The van der Waals surface area contributed by atoms with Gasteiger partial charge in [-0.05, 0) is 49.0 Å². The van der Waals surface area contributed by atoms with Gasteiger partial charge in [0.15, 0.2) is 0 Å². The van der Waals surface area contributed by atoms with Gasteiger partial charge in [0.25, 0.3) is 0 Å². The molecule has 0 radical (unpaired) electrons. The zero-order valence-corrected chi connectivity index (χ0v) is 14.3. The lowest BCUT2D eigenvalue weighted by molar-refractivity contribution is -0.116. The molecule has 1 saturated heterocycles. The molecule has 0 aliphatic carbocycles. The Hall–Kier alpha value is -1.68. The van der Waals surface area contributed by atoms with Gasteiger partial charge < -0.3 is 5.32 Å². The maximum absolute atomic E-state index is 12.8. The van der Waals surface area contributed by atoms with Gasteiger partial charge in [-0.2, -0.15) is 0 Å². The van der Waals surface area contributed by atoms with Gasteiger partial charge in [-0.15, -0.1) is 0 Å². The van der Waals surface area contributed by atoms with Crippen molar-refractivity contribution >= 4 is 12.0 Å². The molecular formula is C19H27FN2O. The molecule has 1 fully saturated rings. The normalized spacial score (nSPS) is 23.8. The second-order valence-electron chi connectivity index (χ2n) is 6.88. The molecule has 2 rings (SSSR count). The van der Waals surface area contributed by atoms with E-state index in [2.05, 4.69) is 31.0 Å². The van der Waals surface area contributed by atoms with Crippen LogP contribution in [-0.4, -0.2) is 36.5 Å². The maximum atomic E-state index is 12.8. The van der Waals surface area contributed by atoms with E-state index in [4.69, 9.17) is 0 Å². The number of carbonyl (C=O) groups is 1. The number of likely N-dealkylation sites (tertiary alicyclic amines) is 1. The second-order valence-corrected chi connectivity index (χ2v) is 6.88. The van der Waals surface area contributed by atoms with Crippen LogP contribution in [0, 0.1) is 17.7 Å². The van der Waals surface area contributed by atoms with E-state index in [9.17, 15) is 9.18 Å². The maximum Gasteiger partial charge on any atom is 0.244 e. The zero-order valence-electron chi connectivity index (χ0n) is 14.3. The molecule has 126 valence electrons. The smallest absolute Gasteiger partial charge is 0.244 e. The first-order chi connectivity index (χ1) is 10.9. The van der Waals surface area contributed by atoms with E-state index in [-0.39, 0.29) is 11.7 Å². The summed E-state index contributed by atoms with van der Waals surface area (Å²) in [6.07, 6.45) is 4.49. The lowest BCUT2D eigenvalue weighted by atomic mass is 9.91. The van der Waals surface area contributed by atoms with Gasteiger partial charge in [-0.3, -0.25) is 9.69 Å². The molecule has 1 aromatic carbocycles. The predicted molar refractivity (Wildman–Crippen MR) is 92.4 cm³/mol. The molecule has 0 unspecified atom stereocenters. The fourth-order valence-electron chi connectivity index (χ4n) is 3.25. The third-order valence-corrected chi connectivity index (χ3v) is 4.39.